The Morgan fingerprint density at radius 2 is 1.57 bits per heavy atom. The molecule has 0 radical (unpaired) electrons. The van der Waals surface area contributed by atoms with Crippen LogP contribution in [-0.2, 0) is 16.4 Å². The Morgan fingerprint density at radius 3 is 2.20 bits per heavy atom. The predicted molar refractivity (Wildman–Crippen MR) is 192 cm³/mol. The number of allylic oxidation sites excluding steroid dienone is 1. The van der Waals surface area contributed by atoms with E-state index in [1.165, 1.54) is 13.4 Å². The van der Waals surface area contributed by atoms with Crippen molar-refractivity contribution >= 4 is 57.3 Å². The van der Waals surface area contributed by atoms with Gasteiger partial charge in [0.15, 0.2) is 5.75 Å². The highest BCUT2D eigenvalue weighted by atomic mass is 32.2. The van der Waals surface area contributed by atoms with E-state index in [-0.39, 0.29) is 11.5 Å². The fraction of sp³-hybridized carbons (Fsp3) is 0.250. The van der Waals surface area contributed by atoms with Gasteiger partial charge in [-0.1, -0.05) is 75.4 Å². The third-order valence-corrected chi connectivity index (χ3v) is 7.68. The minimum Gasteiger partial charge on any atom is -0.492 e. The molecular formula is C36H41N5O4S. The molecule has 0 fully saturated rings. The Balaban J connectivity index is 1.60. The molecule has 0 aliphatic rings. The van der Waals surface area contributed by atoms with Crippen LogP contribution in [0.2, 0.25) is 0 Å². The van der Waals surface area contributed by atoms with Crippen molar-refractivity contribution in [2.75, 3.05) is 28.7 Å². The average Bonchev–Trinajstić information content (AvgIpc) is 3.01. The van der Waals surface area contributed by atoms with Gasteiger partial charge in [0.25, 0.3) is 0 Å². The minimum absolute atomic E-state index is 0.0322. The van der Waals surface area contributed by atoms with Crippen molar-refractivity contribution in [2.24, 2.45) is 9.98 Å². The molecule has 0 spiro atoms. The van der Waals surface area contributed by atoms with Gasteiger partial charge in [-0.15, -0.1) is 0 Å². The molecule has 9 nitrogen and oxygen atoms in total. The third-order valence-electron chi connectivity index (χ3n) is 7.18. The van der Waals surface area contributed by atoms with Gasteiger partial charge in [0, 0.05) is 28.8 Å². The molecule has 0 saturated carbocycles. The minimum atomic E-state index is -1.35. The number of rotatable bonds is 11. The summed E-state index contributed by atoms with van der Waals surface area (Å²) in [5, 5.41) is 7.41. The van der Waals surface area contributed by atoms with E-state index in [1.807, 2.05) is 80.6 Å². The molecule has 0 aliphatic heterocycles. The van der Waals surface area contributed by atoms with Crippen LogP contribution in [-0.4, -0.2) is 36.0 Å². The van der Waals surface area contributed by atoms with Crippen LogP contribution in [0.25, 0.3) is 10.8 Å². The maximum atomic E-state index is 13.4. The van der Waals surface area contributed by atoms with Gasteiger partial charge in [-0.25, -0.2) is 14.0 Å². The summed E-state index contributed by atoms with van der Waals surface area (Å²) in [4.78, 5) is 22.2. The molecular weight excluding hydrogens is 598 g/mol. The number of ether oxygens (including phenoxy) is 2. The highest BCUT2D eigenvalue weighted by Gasteiger charge is 2.22. The van der Waals surface area contributed by atoms with Gasteiger partial charge < -0.3 is 24.8 Å². The lowest BCUT2D eigenvalue weighted by molar-refractivity contribution is 0.262. The van der Waals surface area contributed by atoms with Crippen LogP contribution >= 0.6 is 0 Å². The predicted octanol–water partition coefficient (Wildman–Crippen LogP) is 8.64. The number of methoxy groups -OCH3 is 1. The first-order chi connectivity index (χ1) is 21.9. The van der Waals surface area contributed by atoms with Crippen molar-refractivity contribution in [3.63, 3.8) is 0 Å². The molecule has 3 N–H and O–H groups in total. The lowest BCUT2D eigenvalue weighted by atomic mass is 9.86. The number of hydrogen-bond donors (Lipinski definition) is 3. The van der Waals surface area contributed by atoms with Crippen LogP contribution in [0.15, 0.2) is 101 Å². The molecule has 0 heterocycles. The summed E-state index contributed by atoms with van der Waals surface area (Å²) in [5.74, 6) is 1.22. The maximum absolute atomic E-state index is 13.4. The Labute approximate surface area is 273 Å². The zero-order chi connectivity index (χ0) is 33.4. The van der Waals surface area contributed by atoms with Crippen LogP contribution in [0.1, 0.15) is 51.8 Å². The fourth-order valence-electron chi connectivity index (χ4n) is 4.90. The molecule has 2 unspecified atom stereocenters. The van der Waals surface area contributed by atoms with Gasteiger partial charge in [-0.3, -0.25) is 4.99 Å². The van der Waals surface area contributed by atoms with Crippen LogP contribution in [0.3, 0.4) is 0 Å². The lowest BCUT2D eigenvalue weighted by Crippen LogP contribution is -2.21. The maximum Gasteiger partial charge on any atom is 0.323 e. The van der Waals surface area contributed by atoms with Gasteiger partial charge >= 0.3 is 6.03 Å². The molecule has 4 rings (SSSR count). The van der Waals surface area contributed by atoms with E-state index in [0.717, 1.165) is 27.6 Å². The fourth-order valence-corrected chi connectivity index (χ4v) is 5.36. The number of nitrogens with one attached hydrogen (secondary N) is 3. The highest BCUT2D eigenvalue weighted by molar-refractivity contribution is 7.85. The molecule has 2 amide bonds. The number of fused-ring (bicyclic) bond motifs is 1. The zero-order valence-corrected chi connectivity index (χ0v) is 28.1. The summed E-state index contributed by atoms with van der Waals surface area (Å²) in [5.41, 5.74) is 4.07. The Bertz CT molecular complexity index is 1810. The van der Waals surface area contributed by atoms with Crippen LogP contribution in [0, 0.1) is 0 Å². The molecule has 0 aromatic heterocycles. The smallest absolute Gasteiger partial charge is 0.323 e. The van der Waals surface area contributed by atoms with E-state index in [2.05, 4.69) is 47.8 Å². The van der Waals surface area contributed by atoms with Gasteiger partial charge in [0.1, 0.15) is 16.7 Å². The quantitative estimate of drug-likeness (QED) is 0.113. The summed E-state index contributed by atoms with van der Waals surface area (Å²) in [6, 6.07) is 24.4. The van der Waals surface area contributed by atoms with Crippen LogP contribution in [0.5, 0.6) is 11.5 Å². The molecule has 4 aromatic carbocycles. The van der Waals surface area contributed by atoms with Crippen molar-refractivity contribution in [1.29, 1.82) is 0 Å². The molecule has 0 bridgehead atoms. The Kier molecular flexibility index (Phi) is 11.0. The Hall–Kier alpha value is -4.96. The summed E-state index contributed by atoms with van der Waals surface area (Å²) in [7, 11) is 0.158. The molecule has 4 aromatic rings. The first kappa shape index (κ1) is 33.9. The van der Waals surface area contributed by atoms with Crippen molar-refractivity contribution in [3.8, 4) is 11.5 Å². The topological polar surface area (TPSA) is 113 Å². The summed E-state index contributed by atoms with van der Waals surface area (Å²) in [6.45, 7) is 13.8. The SMILES string of the molecule is C=N/C(=C\C(C)=NC(C)c1ccccc1)Oc1ccc(NC(=O)Nc2cc(C(C)(C)C)cc(NS(C)=O)c2OC)c2ccccc12. The second kappa shape index (κ2) is 14.9. The molecule has 0 saturated heterocycles. The molecule has 10 heteroatoms. The van der Waals surface area contributed by atoms with Gasteiger partial charge in [-0.2, -0.15) is 0 Å². The van der Waals surface area contributed by atoms with E-state index < -0.39 is 17.0 Å². The van der Waals surface area contributed by atoms with E-state index in [0.29, 0.717) is 34.4 Å². The third kappa shape index (κ3) is 8.60. The number of anilines is 3. The van der Waals surface area contributed by atoms with E-state index in [1.54, 1.807) is 18.2 Å². The normalized spacial score (nSPS) is 13.5. The number of nitrogens with zero attached hydrogens (tertiary/aromatic N) is 2. The summed E-state index contributed by atoms with van der Waals surface area (Å²) >= 11 is 0. The van der Waals surface area contributed by atoms with Crippen molar-refractivity contribution in [3.05, 3.63) is 102 Å². The number of carbonyl (C=O) groups is 1. The standard InChI is InChI=1S/C36H41N5O4S/c1-23(38-24(2)25-14-10-9-11-15-25)20-33(37-6)45-32-19-18-29(27-16-12-13-17-28(27)32)39-35(42)40-30-21-26(36(3,4)5)22-31(34(30)44-7)41-46(8)43/h9-22,24,41H,6H2,1-5,7-8H3,(H2,39,40,42)/b33-20+,38-23?. The van der Waals surface area contributed by atoms with Gasteiger partial charge in [0.2, 0.25) is 5.88 Å². The van der Waals surface area contributed by atoms with E-state index >= 15 is 0 Å². The van der Waals surface area contributed by atoms with Crippen molar-refractivity contribution in [1.82, 2.24) is 0 Å². The van der Waals surface area contributed by atoms with Crippen LogP contribution in [0.4, 0.5) is 21.9 Å². The summed E-state index contributed by atoms with van der Waals surface area (Å²) < 4.78 is 26.7. The summed E-state index contributed by atoms with van der Waals surface area (Å²) in [6.07, 6.45) is 3.28. The van der Waals surface area contributed by atoms with E-state index in [9.17, 15) is 9.00 Å². The van der Waals surface area contributed by atoms with Crippen molar-refractivity contribution in [2.45, 2.75) is 46.1 Å². The average molecular weight is 640 g/mol. The van der Waals surface area contributed by atoms with Crippen LogP contribution < -0.4 is 24.8 Å². The van der Waals surface area contributed by atoms with Gasteiger partial charge in [0.05, 0.1) is 30.2 Å². The first-order valence-electron chi connectivity index (χ1n) is 14.8. The second-order valence-corrected chi connectivity index (χ2v) is 12.9. The number of urea groups is 1. The Morgan fingerprint density at radius 1 is 0.935 bits per heavy atom. The van der Waals surface area contributed by atoms with Crippen molar-refractivity contribution < 1.29 is 18.5 Å². The first-order valence-corrected chi connectivity index (χ1v) is 16.3. The molecule has 240 valence electrons. The number of amides is 2. The number of aliphatic imine (C=N–C) groups is 2. The zero-order valence-electron chi connectivity index (χ0n) is 27.3. The number of carbonyl (C=O) groups excluding carboxylic acids is 1. The van der Waals surface area contributed by atoms with E-state index in [4.69, 9.17) is 14.5 Å². The molecule has 2 atom stereocenters. The monoisotopic (exact) mass is 639 g/mol. The molecule has 46 heavy (non-hydrogen) atoms. The second-order valence-electron chi connectivity index (χ2n) is 11.7. The largest absolute Gasteiger partial charge is 0.492 e. The highest BCUT2D eigenvalue weighted by Crippen LogP contribution is 2.39. The lowest BCUT2D eigenvalue weighted by Gasteiger charge is -2.24. The number of benzene rings is 4. The van der Waals surface area contributed by atoms with Gasteiger partial charge in [-0.05, 0) is 61.4 Å². The molecule has 0 aliphatic carbocycles. The number of hydrogen-bond acceptors (Lipinski definition) is 6.